The Morgan fingerprint density at radius 3 is 1.08 bits per heavy atom. The Bertz CT molecular complexity index is 205. The molecule has 0 aromatic heterocycles. The maximum absolute atomic E-state index is 8.88. The zero-order valence-electron chi connectivity index (χ0n) is 7.32. The van der Waals surface area contributed by atoms with Crippen molar-refractivity contribution in [3.05, 3.63) is 0 Å². The van der Waals surface area contributed by atoms with Crippen molar-refractivity contribution >= 4 is 56.0 Å². The van der Waals surface area contributed by atoms with Gasteiger partial charge in [0.05, 0.1) is 0 Å². The molecule has 0 rings (SSSR count). The number of hydrogen-bond acceptors (Lipinski definition) is 3. The summed E-state index contributed by atoms with van der Waals surface area (Å²) < 4.78 is 40.5. The minimum Gasteiger partial charge on any atom is -1.00 e. The van der Waals surface area contributed by atoms with E-state index in [-0.39, 0.29) is 63.0 Å². The Kier molecular flexibility index (Phi) is 18.8. The van der Waals surface area contributed by atoms with Crippen LogP contribution in [-0.2, 0) is 37.3 Å². The molecule has 12 heteroatoms. The van der Waals surface area contributed by atoms with E-state index in [9.17, 15) is 0 Å². The van der Waals surface area contributed by atoms with Crippen LogP contribution in [0.5, 0.6) is 0 Å². The summed E-state index contributed by atoms with van der Waals surface area (Å²) in [5.41, 5.74) is 0. The fourth-order valence-electron chi connectivity index (χ4n) is 0. The Hall–Kier alpha value is 1.98. The first-order valence-corrected chi connectivity index (χ1v) is 4.44. The van der Waals surface area contributed by atoms with Crippen molar-refractivity contribution in [1.29, 1.82) is 0 Å². The van der Waals surface area contributed by atoms with Crippen molar-refractivity contribution in [3.63, 3.8) is 0 Å². The second-order valence-electron chi connectivity index (χ2n) is 0.961. The van der Waals surface area contributed by atoms with Crippen LogP contribution in [0.4, 0.5) is 0 Å². The van der Waals surface area contributed by atoms with Crippen LogP contribution < -0.4 is 0 Å². The van der Waals surface area contributed by atoms with Gasteiger partial charge in [-0.25, -0.2) is 4.57 Å². The molecule has 0 spiro atoms. The zero-order chi connectivity index (χ0) is 9.00. The third kappa shape index (κ3) is 368. The first-order valence-electron chi connectivity index (χ1n) is 1.48. The van der Waals surface area contributed by atoms with E-state index in [1.807, 2.05) is 0 Å². The van der Waals surface area contributed by atoms with Gasteiger partial charge in [-0.1, -0.05) is 0 Å². The quantitative estimate of drug-likeness (QED) is 0.197. The molecule has 12 heavy (non-hydrogen) atoms. The smallest absolute Gasteiger partial charge is 1.00 e. The van der Waals surface area contributed by atoms with Crippen LogP contribution in [0.3, 0.4) is 0 Å². The molecule has 0 aromatic carbocycles. The van der Waals surface area contributed by atoms with Crippen LogP contribution in [0, 0.1) is 0 Å². The molecule has 0 heterocycles. The molecule has 0 aliphatic heterocycles. The maximum atomic E-state index is 8.88. The van der Waals surface area contributed by atoms with Crippen molar-refractivity contribution in [2.75, 3.05) is 0 Å². The fourth-order valence-corrected chi connectivity index (χ4v) is 0. The average molecular weight is 346 g/mol. The van der Waals surface area contributed by atoms with E-state index in [2.05, 4.69) is 0 Å². The second kappa shape index (κ2) is 9.53. The molecule has 0 amide bonds. The Morgan fingerprint density at radius 2 is 1.08 bits per heavy atom. The van der Waals surface area contributed by atoms with Crippen LogP contribution in [-0.4, -0.2) is 69.9 Å². The van der Waals surface area contributed by atoms with Crippen molar-refractivity contribution < 1.29 is 62.0 Å². The molecule has 0 aliphatic carbocycles. The average Bonchev–Trinajstić information content (AvgIpc) is 1.12. The van der Waals surface area contributed by atoms with Crippen LogP contribution in [0.1, 0.15) is 2.85 Å². The Balaban J connectivity index is -0.0000000178. The van der Waals surface area contributed by atoms with Gasteiger partial charge in [0.25, 0.3) is 0 Å². The van der Waals surface area contributed by atoms with Gasteiger partial charge < -0.3 is 17.5 Å². The van der Waals surface area contributed by atoms with E-state index in [4.69, 9.17) is 36.8 Å². The number of rotatable bonds is 0. The largest absolute Gasteiger partial charge is 2.00 e. The van der Waals surface area contributed by atoms with E-state index in [1.54, 1.807) is 0 Å². The summed E-state index contributed by atoms with van der Waals surface area (Å²) in [6.45, 7) is 0. The normalized spacial score (nSPS) is 9.75. The molecule has 79 valence electrons. The first-order chi connectivity index (χ1) is 4.00. The predicted molar refractivity (Wildman–Crippen MR) is 36.4 cm³/mol. The summed E-state index contributed by atoms with van der Waals surface area (Å²) in [4.78, 5) is 21.6. The molecule has 1 radical (unpaired) electrons. The molecular weight excluding hydrogens is 339 g/mol. The molecule has 0 aliphatic rings. The molecule has 5 N–H and O–H groups in total. The van der Waals surface area contributed by atoms with Gasteiger partial charge in [-0.05, 0) is 0 Å². The van der Waals surface area contributed by atoms with Gasteiger partial charge in [-0.15, -0.1) is 0 Å². The molecule has 8 nitrogen and oxygen atoms in total. The standard InChI is InChI=1S/Ag.Ca.H3O4P.H2O4S.2H/c;;2*1-5(2,3)4;;/h;;(H3,1,2,3,4);(H2,1,2,3,4);;/q;+2;;;2*-1. The van der Waals surface area contributed by atoms with Crippen molar-refractivity contribution in [3.8, 4) is 0 Å². The summed E-state index contributed by atoms with van der Waals surface area (Å²) >= 11 is 0. The molecule has 0 bridgehead atoms. The third-order valence-corrected chi connectivity index (χ3v) is 0. The zero-order valence-corrected chi connectivity index (χ0v) is 10.7. The molecule has 0 aromatic rings. The van der Waals surface area contributed by atoms with Gasteiger partial charge in [0.1, 0.15) is 0 Å². The summed E-state index contributed by atoms with van der Waals surface area (Å²) in [6.07, 6.45) is 0. The summed E-state index contributed by atoms with van der Waals surface area (Å²) in [5.74, 6) is 0. The summed E-state index contributed by atoms with van der Waals surface area (Å²) in [7, 11) is -9.31. The van der Waals surface area contributed by atoms with E-state index >= 15 is 0 Å². The van der Waals surface area contributed by atoms with E-state index in [0.717, 1.165) is 0 Å². The Morgan fingerprint density at radius 1 is 1.08 bits per heavy atom. The van der Waals surface area contributed by atoms with Gasteiger partial charge in [0, 0.05) is 22.4 Å². The molecule has 0 saturated heterocycles. The Labute approximate surface area is 117 Å². The monoisotopic (exact) mass is 345 g/mol. The van der Waals surface area contributed by atoms with E-state index < -0.39 is 18.2 Å². The molecule has 0 atom stereocenters. The molecule has 0 unspecified atom stereocenters. The molecule has 0 fully saturated rings. The van der Waals surface area contributed by atoms with Crippen LogP contribution in [0.25, 0.3) is 0 Å². The molecule has 0 saturated carbocycles. The minimum atomic E-state index is -4.67. The van der Waals surface area contributed by atoms with Crippen molar-refractivity contribution in [2.24, 2.45) is 0 Å². The topological polar surface area (TPSA) is 152 Å². The fraction of sp³-hybridized carbons (Fsp3) is 0. The minimum absolute atomic E-state index is 0. The van der Waals surface area contributed by atoms with Gasteiger partial charge >= 0.3 is 56.0 Å². The predicted octanol–water partition coefficient (Wildman–Crippen LogP) is -1.74. The SMILES string of the molecule is O=P(O)(O)O.O=S(=O)(O)O.[Ag].[Ca+2].[H-].[H-]. The number of phosphoric acid groups is 1. The van der Waals surface area contributed by atoms with Gasteiger partial charge in [0.15, 0.2) is 0 Å². The van der Waals surface area contributed by atoms with Gasteiger partial charge in [-0.2, -0.15) is 8.42 Å². The maximum Gasteiger partial charge on any atom is 2.00 e. The second-order valence-corrected chi connectivity index (χ2v) is 2.88. The van der Waals surface area contributed by atoms with Crippen LogP contribution in [0.2, 0.25) is 0 Å². The van der Waals surface area contributed by atoms with Gasteiger partial charge in [0.2, 0.25) is 0 Å². The summed E-state index contributed by atoms with van der Waals surface area (Å²) in [6, 6.07) is 0. The third-order valence-electron chi connectivity index (χ3n) is 0. The molecular formula is H7AgCaO8PS. The van der Waals surface area contributed by atoms with Gasteiger partial charge in [-0.3, -0.25) is 9.11 Å². The summed E-state index contributed by atoms with van der Waals surface area (Å²) in [5, 5.41) is 0. The van der Waals surface area contributed by atoms with Crippen molar-refractivity contribution in [2.45, 2.75) is 0 Å². The number of hydrogen-bond donors (Lipinski definition) is 5. The van der Waals surface area contributed by atoms with Crippen LogP contribution in [0.15, 0.2) is 0 Å². The van der Waals surface area contributed by atoms with E-state index in [0.29, 0.717) is 0 Å². The van der Waals surface area contributed by atoms with E-state index in [1.165, 1.54) is 0 Å². The first kappa shape index (κ1) is 23.6. The van der Waals surface area contributed by atoms with Crippen molar-refractivity contribution in [1.82, 2.24) is 0 Å². The van der Waals surface area contributed by atoms with Crippen LogP contribution >= 0.6 is 7.82 Å².